The highest BCUT2D eigenvalue weighted by Crippen LogP contribution is 2.32. The molecule has 0 aromatic carbocycles. The van der Waals surface area contributed by atoms with Gasteiger partial charge < -0.3 is 14.3 Å². The van der Waals surface area contributed by atoms with Crippen LogP contribution in [-0.4, -0.2) is 79.4 Å². The predicted molar refractivity (Wildman–Crippen MR) is 77.7 cm³/mol. The van der Waals surface area contributed by atoms with E-state index in [1.807, 2.05) is 21.1 Å². The number of carboxylic acids is 1. The molecule has 21 heavy (non-hydrogen) atoms. The third-order valence-electron chi connectivity index (χ3n) is 4.36. The largest absolute Gasteiger partial charge is 0.481 e. The number of carbonyl (C=O) groups excluding carboxylic acids is 1. The topological polar surface area (TPSA) is 66.8 Å². The van der Waals surface area contributed by atoms with Gasteiger partial charge in [-0.3, -0.25) is 14.5 Å². The number of hydrogen-bond donors (Lipinski definition) is 1. The molecule has 1 N–H and O–H groups in total. The molecule has 0 amide bonds. The molecule has 0 spiro atoms. The van der Waals surface area contributed by atoms with E-state index in [0.717, 1.165) is 19.5 Å². The van der Waals surface area contributed by atoms with Crippen molar-refractivity contribution in [2.75, 3.05) is 40.8 Å². The molecular weight excluding hydrogens is 272 g/mol. The minimum atomic E-state index is -0.924. The number of quaternary nitrogens is 1. The first-order valence-electron chi connectivity index (χ1n) is 7.71. The van der Waals surface area contributed by atoms with Gasteiger partial charge in [0.1, 0.15) is 12.6 Å². The van der Waals surface area contributed by atoms with Gasteiger partial charge in [-0.25, -0.2) is 0 Å². The SMILES string of the molecule is C[N+](C)(C)CC(CC(=O)O)OC(=O)C1CC2CCN1CC2. The third kappa shape index (κ3) is 4.68. The number of likely N-dealkylation sites (N-methyl/N-ethyl adjacent to an activating group) is 1. The Kier molecular flexibility index (Phi) is 4.88. The Morgan fingerprint density at radius 1 is 1.29 bits per heavy atom. The maximum atomic E-state index is 12.4. The molecular formula is C15H27N2O4+. The van der Waals surface area contributed by atoms with Gasteiger partial charge in [0.25, 0.3) is 0 Å². The number of nitrogens with zero attached hydrogens (tertiary/aromatic N) is 2. The summed E-state index contributed by atoms with van der Waals surface area (Å²) in [6, 6.07) is -0.165. The molecule has 6 heteroatoms. The highest BCUT2D eigenvalue weighted by Gasteiger charge is 2.39. The van der Waals surface area contributed by atoms with Crippen molar-refractivity contribution in [1.29, 1.82) is 0 Å². The number of fused-ring (bicyclic) bond motifs is 3. The molecule has 2 atom stereocenters. The molecule has 0 aromatic heterocycles. The molecule has 3 aliphatic heterocycles. The Hall–Kier alpha value is -1.14. The molecule has 3 heterocycles. The molecule has 3 fully saturated rings. The first kappa shape index (κ1) is 16.2. The summed E-state index contributed by atoms with van der Waals surface area (Å²) in [4.78, 5) is 25.6. The number of esters is 1. The number of rotatable bonds is 6. The smallest absolute Gasteiger partial charge is 0.323 e. The van der Waals surface area contributed by atoms with Gasteiger partial charge in [0.2, 0.25) is 0 Å². The number of aliphatic carboxylic acids is 1. The Morgan fingerprint density at radius 3 is 2.33 bits per heavy atom. The molecule has 0 saturated carbocycles. The number of carbonyl (C=O) groups is 2. The van der Waals surface area contributed by atoms with Crippen LogP contribution in [0.4, 0.5) is 0 Å². The van der Waals surface area contributed by atoms with E-state index in [-0.39, 0.29) is 18.4 Å². The van der Waals surface area contributed by atoms with Gasteiger partial charge in [-0.1, -0.05) is 0 Å². The normalized spacial score (nSPS) is 30.0. The van der Waals surface area contributed by atoms with Crippen molar-refractivity contribution < 1.29 is 23.9 Å². The molecule has 120 valence electrons. The summed E-state index contributed by atoms with van der Waals surface area (Å²) in [5.74, 6) is -0.533. The monoisotopic (exact) mass is 299 g/mol. The van der Waals surface area contributed by atoms with Gasteiger partial charge in [0.05, 0.1) is 27.6 Å². The van der Waals surface area contributed by atoms with Gasteiger partial charge in [0.15, 0.2) is 6.10 Å². The van der Waals surface area contributed by atoms with E-state index in [9.17, 15) is 9.59 Å². The second-order valence-corrected chi connectivity index (χ2v) is 7.36. The van der Waals surface area contributed by atoms with Crippen LogP contribution in [0.2, 0.25) is 0 Å². The predicted octanol–water partition coefficient (Wildman–Crippen LogP) is 0.563. The Balaban J connectivity index is 1.95. The third-order valence-corrected chi connectivity index (χ3v) is 4.36. The summed E-state index contributed by atoms with van der Waals surface area (Å²) in [5.41, 5.74) is 0. The van der Waals surface area contributed by atoms with Gasteiger partial charge in [0, 0.05) is 0 Å². The lowest BCUT2D eigenvalue weighted by Gasteiger charge is -2.44. The fraction of sp³-hybridized carbons (Fsp3) is 0.867. The molecule has 3 rings (SSSR count). The van der Waals surface area contributed by atoms with Crippen LogP contribution in [0.1, 0.15) is 25.7 Å². The van der Waals surface area contributed by atoms with E-state index in [0.29, 0.717) is 16.9 Å². The Bertz CT molecular complexity index is 397. The molecule has 2 unspecified atom stereocenters. The van der Waals surface area contributed by atoms with Gasteiger partial charge in [-0.15, -0.1) is 0 Å². The molecule has 2 bridgehead atoms. The second kappa shape index (κ2) is 6.32. The van der Waals surface area contributed by atoms with Crippen molar-refractivity contribution in [3.8, 4) is 0 Å². The van der Waals surface area contributed by atoms with E-state index in [4.69, 9.17) is 9.84 Å². The highest BCUT2D eigenvalue weighted by atomic mass is 16.5. The molecule has 3 aliphatic rings. The van der Waals surface area contributed by atoms with Crippen molar-refractivity contribution in [2.24, 2.45) is 5.92 Å². The summed E-state index contributed by atoms with van der Waals surface area (Å²) in [6.07, 6.45) is 2.51. The lowest BCUT2D eigenvalue weighted by Crippen LogP contribution is -2.54. The molecule has 3 saturated heterocycles. The minimum absolute atomic E-state index is 0.128. The molecule has 0 aromatic rings. The second-order valence-electron chi connectivity index (χ2n) is 7.36. The van der Waals surface area contributed by atoms with E-state index in [1.165, 1.54) is 12.8 Å². The zero-order valence-electron chi connectivity index (χ0n) is 13.2. The maximum absolute atomic E-state index is 12.4. The fourth-order valence-corrected chi connectivity index (χ4v) is 3.40. The van der Waals surface area contributed by atoms with E-state index >= 15 is 0 Å². The average Bonchev–Trinajstić information content (AvgIpc) is 2.37. The maximum Gasteiger partial charge on any atom is 0.323 e. The van der Waals surface area contributed by atoms with Crippen molar-refractivity contribution >= 4 is 11.9 Å². The summed E-state index contributed by atoms with van der Waals surface area (Å²) in [5, 5.41) is 9.00. The summed E-state index contributed by atoms with van der Waals surface area (Å²) >= 11 is 0. The average molecular weight is 299 g/mol. The molecule has 0 aliphatic carbocycles. The van der Waals surface area contributed by atoms with Crippen LogP contribution in [0.3, 0.4) is 0 Å². The van der Waals surface area contributed by atoms with Crippen LogP contribution in [-0.2, 0) is 14.3 Å². The van der Waals surface area contributed by atoms with Gasteiger partial charge in [-0.05, 0) is 38.3 Å². The summed E-state index contributed by atoms with van der Waals surface area (Å²) < 4.78 is 6.12. The van der Waals surface area contributed by atoms with Crippen molar-refractivity contribution in [3.63, 3.8) is 0 Å². The fourth-order valence-electron chi connectivity index (χ4n) is 3.40. The van der Waals surface area contributed by atoms with Crippen molar-refractivity contribution in [3.05, 3.63) is 0 Å². The van der Waals surface area contributed by atoms with E-state index < -0.39 is 12.1 Å². The van der Waals surface area contributed by atoms with Gasteiger partial charge >= 0.3 is 11.9 Å². The Morgan fingerprint density at radius 2 is 1.90 bits per heavy atom. The van der Waals surface area contributed by atoms with Crippen LogP contribution in [0.25, 0.3) is 0 Å². The number of piperidine rings is 3. The zero-order chi connectivity index (χ0) is 15.6. The first-order valence-corrected chi connectivity index (χ1v) is 7.71. The molecule has 0 radical (unpaired) electrons. The van der Waals surface area contributed by atoms with Gasteiger partial charge in [-0.2, -0.15) is 0 Å². The minimum Gasteiger partial charge on any atom is -0.481 e. The number of carboxylic acid groups (broad SMARTS) is 1. The number of hydrogen-bond acceptors (Lipinski definition) is 4. The van der Waals surface area contributed by atoms with E-state index in [2.05, 4.69) is 4.90 Å². The molecule has 6 nitrogen and oxygen atoms in total. The lowest BCUT2D eigenvalue weighted by atomic mass is 9.83. The quantitative estimate of drug-likeness (QED) is 0.573. The summed E-state index contributed by atoms with van der Waals surface area (Å²) in [7, 11) is 5.90. The van der Waals surface area contributed by atoms with E-state index in [1.54, 1.807) is 0 Å². The first-order chi connectivity index (χ1) is 9.74. The van der Waals surface area contributed by atoms with Crippen molar-refractivity contribution in [1.82, 2.24) is 4.90 Å². The standard InChI is InChI=1S/C15H26N2O4/c1-17(2,3)10-12(9-14(18)19)21-15(20)13-8-11-4-6-16(13)7-5-11/h11-13H,4-10H2,1-3H3/p+1. The van der Waals surface area contributed by atoms with Crippen LogP contribution in [0.15, 0.2) is 0 Å². The van der Waals surface area contributed by atoms with Crippen LogP contribution < -0.4 is 0 Å². The van der Waals surface area contributed by atoms with Crippen molar-refractivity contribution in [2.45, 2.75) is 37.8 Å². The zero-order valence-corrected chi connectivity index (χ0v) is 13.2. The lowest BCUT2D eigenvalue weighted by molar-refractivity contribution is -0.873. The highest BCUT2D eigenvalue weighted by molar-refractivity contribution is 5.77. The van der Waals surface area contributed by atoms with Crippen LogP contribution in [0.5, 0.6) is 0 Å². The van der Waals surface area contributed by atoms with Crippen LogP contribution in [0, 0.1) is 5.92 Å². The number of ether oxygens (including phenoxy) is 1. The van der Waals surface area contributed by atoms with Crippen LogP contribution >= 0.6 is 0 Å². The summed E-state index contributed by atoms with van der Waals surface area (Å²) in [6.45, 7) is 2.43. The Labute approximate surface area is 126 Å².